The van der Waals surface area contributed by atoms with Gasteiger partial charge < -0.3 is 15.1 Å². The molecule has 110 valence electrons. The molecule has 0 atom stereocenters. The average molecular weight is 295 g/mol. The Kier molecular flexibility index (Phi) is 6.21. The van der Waals surface area contributed by atoms with Gasteiger partial charge in [0, 0.05) is 25.1 Å². The maximum Gasteiger partial charge on any atom is 0.265 e. The van der Waals surface area contributed by atoms with Crippen LogP contribution in [0, 0.1) is 11.8 Å². The van der Waals surface area contributed by atoms with Crippen molar-refractivity contribution >= 4 is 17.2 Å². The number of hydrogen-bond acceptors (Lipinski definition) is 4. The van der Waals surface area contributed by atoms with Crippen LogP contribution in [-0.2, 0) is 0 Å². The number of carbonyl (C=O) groups is 1. The first-order valence-electron chi connectivity index (χ1n) is 6.58. The highest BCUT2D eigenvalue weighted by Crippen LogP contribution is 2.19. The van der Waals surface area contributed by atoms with E-state index in [2.05, 4.69) is 11.8 Å². The molecule has 1 aromatic heterocycles. The normalized spacial score (nSPS) is 10.8. The number of amides is 1. The predicted molar refractivity (Wildman–Crippen MR) is 80.8 cm³/mol. The van der Waals surface area contributed by atoms with Gasteiger partial charge in [0.2, 0.25) is 0 Å². The van der Waals surface area contributed by atoms with Gasteiger partial charge in [0.1, 0.15) is 4.88 Å². The molecular weight excluding hydrogens is 274 g/mol. The van der Waals surface area contributed by atoms with Crippen molar-refractivity contribution in [2.45, 2.75) is 32.8 Å². The first-order valence-corrected chi connectivity index (χ1v) is 7.46. The number of nitrogens with zero attached hydrogens (tertiary/aromatic N) is 1. The highest BCUT2D eigenvalue weighted by atomic mass is 32.1. The van der Waals surface area contributed by atoms with Gasteiger partial charge in [-0.2, -0.15) is 0 Å². The molecule has 0 aliphatic heterocycles. The Morgan fingerprint density at radius 1 is 1.50 bits per heavy atom. The molecule has 20 heavy (non-hydrogen) atoms. The van der Waals surface area contributed by atoms with E-state index in [1.54, 1.807) is 24.8 Å². The van der Waals surface area contributed by atoms with Crippen LogP contribution >= 0.6 is 11.3 Å². The molecule has 2 N–H and O–H groups in total. The second kappa shape index (κ2) is 7.44. The minimum Gasteiger partial charge on any atom is -0.395 e. The van der Waals surface area contributed by atoms with Crippen molar-refractivity contribution in [3.8, 4) is 11.8 Å². The number of likely N-dealkylation sites (N-methyl/N-ethyl adjacent to an activating group) is 1. The van der Waals surface area contributed by atoms with Gasteiger partial charge in [0.05, 0.1) is 12.2 Å². The molecular formula is C15H21NO3S. The molecule has 0 bridgehead atoms. The lowest BCUT2D eigenvalue weighted by Gasteiger charge is -2.27. The summed E-state index contributed by atoms with van der Waals surface area (Å²) in [5.74, 6) is 5.62. The first-order chi connectivity index (χ1) is 9.39. The summed E-state index contributed by atoms with van der Waals surface area (Å²) in [6.45, 7) is 6.07. The van der Waals surface area contributed by atoms with Crippen molar-refractivity contribution < 1.29 is 15.0 Å². The topological polar surface area (TPSA) is 60.8 Å². The highest BCUT2D eigenvalue weighted by Gasteiger charge is 2.24. The summed E-state index contributed by atoms with van der Waals surface area (Å²) in [6.07, 6.45) is 0.393. The molecule has 0 aliphatic carbocycles. The first kappa shape index (κ1) is 16.7. The lowest BCUT2D eigenvalue weighted by atomic mass is 10.1. The predicted octanol–water partition coefficient (Wildman–Crippen LogP) is 1.71. The fourth-order valence-corrected chi connectivity index (χ4v) is 2.54. The van der Waals surface area contributed by atoms with Crippen LogP contribution in [0.1, 0.15) is 42.4 Å². The van der Waals surface area contributed by atoms with Crippen LogP contribution < -0.4 is 0 Å². The van der Waals surface area contributed by atoms with E-state index in [1.165, 1.54) is 11.3 Å². The van der Waals surface area contributed by atoms with Gasteiger partial charge in [-0.1, -0.05) is 11.8 Å². The number of rotatable bonds is 5. The zero-order valence-electron chi connectivity index (χ0n) is 12.1. The summed E-state index contributed by atoms with van der Waals surface area (Å²) in [5, 5.41) is 20.4. The van der Waals surface area contributed by atoms with Gasteiger partial charge in [-0.05, 0) is 32.2 Å². The van der Waals surface area contributed by atoms with Crippen LogP contribution in [0.4, 0.5) is 0 Å². The molecule has 0 unspecified atom stereocenters. The minimum atomic E-state index is -0.925. The van der Waals surface area contributed by atoms with E-state index in [4.69, 9.17) is 5.11 Å². The van der Waals surface area contributed by atoms with Gasteiger partial charge in [0.15, 0.2) is 0 Å². The third kappa shape index (κ3) is 4.97. The maximum atomic E-state index is 12.5. The van der Waals surface area contributed by atoms with Crippen LogP contribution in [0.15, 0.2) is 11.4 Å². The number of aliphatic hydroxyl groups excluding tert-OH is 1. The summed E-state index contributed by atoms with van der Waals surface area (Å²) >= 11 is 1.35. The standard InChI is InChI=1S/C15H21NO3S/c1-4-16(11-15(2,3)19)14(18)13-12(8-10-20-13)7-5-6-9-17/h8,10,17,19H,4,6,9,11H2,1-3H3. The van der Waals surface area contributed by atoms with E-state index in [0.29, 0.717) is 23.4 Å². The zero-order valence-corrected chi connectivity index (χ0v) is 13.0. The van der Waals surface area contributed by atoms with Crippen molar-refractivity contribution in [1.82, 2.24) is 4.90 Å². The summed E-state index contributed by atoms with van der Waals surface area (Å²) in [7, 11) is 0. The quantitative estimate of drug-likeness (QED) is 0.813. The lowest BCUT2D eigenvalue weighted by Crippen LogP contribution is -2.42. The molecule has 0 aliphatic rings. The van der Waals surface area contributed by atoms with Crippen molar-refractivity contribution in [3.05, 3.63) is 21.9 Å². The van der Waals surface area contributed by atoms with Crippen LogP contribution in [-0.4, -0.2) is 46.3 Å². The van der Waals surface area contributed by atoms with Crippen LogP contribution in [0.3, 0.4) is 0 Å². The van der Waals surface area contributed by atoms with E-state index in [1.807, 2.05) is 12.3 Å². The Bertz CT molecular complexity index is 505. The Balaban J connectivity index is 2.92. The fraction of sp³-hybridized carbons (Fsp3) is 0.533. The summed E-state index contributed by atoms with van der Waals surface area (Å²) < 4.78 is 0. The van der Waals surface area contributed by atoms with E-state index in [9.17, 15) is 9.90 Å². The SMILES string of the molecule is CCN(CC(C)(C)O)C(=O)c1sccc1C#CCCO. The Hall–Kier alpha value is -1.35. The number of aliphatic hydroxyl groups is 2. The van der Waals surface area contributed by atoms with Gasteiger partial charge in [-0.3, -0.25) is 4.79 Å². The molecule has 1 aromatic rings. The number of hydrogen-bond donors (Lipinski definition) is 2. The molecule has 1 amide bonds. The lowest BCUT2D eigenvalue weighted by molar-refractivity contribution is 0.0317. The summed E-state index contributed by atoms with van der Waals surface area (Å²) in [5.41, 5.74) is -0.242. The monoisotopic (exact) mass is 295 g/mol. The van der Waals surface area contributed by atoms with Crippen molar-refractivity contribution in [1.29, 1.82) is 0 Å². The van der Waals surface area contributed by atoms with Crippen LogP contribution in [0.25, 0.3) is 0 Å². The average Bonchev–Trinajstić information content (AvgIpc) is 2.82. The van der Waals surface area contributed by atoms with Crippen LogP contribution in [0.5, 0.6) is 0 Å². The van der Waals surface area contributed by atoms with Gasteiger partial charge >= 0.3 is 0 Å². The molecule has 4 nitrogen and oxygen atoms in total. The summed E-state index contributed by atoms with van der Waals surface area (Å²) in [6, 6.07) is 1.81. The van der Waals surface area contributed by atoms with Gasteiger partial charge in [-0.15, -0.1) is 11.3 Å². The van der Waals surface area contributed by atoms with E-state index >= 15 is 0 Å². The largest absolute Gasteiger partial charge is 0.395 e. The Morgan fingerprint density at radius 2 is 2.20 bits per heavy atom. The van der Waals surface area contributed by atoms with Crippen molar-refractivity contribution in [2.75, 3.05) is 19.7 Å². The van der Waals surface area contributed by atoms with E-state index < -0.39 is 5.60 Å². The molecule has 0 radical (unpaired) electrons. The fourth-order valence-electron chi connectivity index (χ4n) is 1.72. The molecule has 0 aromatic carbocycles. The zero-order chi connectivity index (χ0) is 15.2. The number of carbonyl (C=O) groups excluding carboxylic acids is 1. The van der Waals surface area contributed by atoms with Crippen molar-refractivity contribution in [2.24, 2.45) is 0 Å². The van der Waals surface area contributed by atoms with Crippen molar-refractivity contribution in [3.63, 3.8) is 0 Å². The van der Waals surface area contributed by atoms with Gasteiger partial charge in [0.25, 0.3) is 5.91 Å². The smallest absolute Gasteiger partial charge is 0.265 e. The third-order valence-electron chi connectivity index (χ3n) is 2.57. The third-order valence-corrected chi connectivity index (χ3v) is 3.47. The molecule has 0 fully saturated rings. The number of thiophene rings is 1. The Morgan fingerprint density at radius 3 is 2.75 bits per heavy atom. The molecule has 0 saturated carbocycles. The van der Waals surface area contributed by atoms with Gasteiger partial charge in [-0.25, -0.2) is 0 Å². The molecule has 0 spiro atoms. The Labute approximate surface area is 124 Å². The minimum absolute atomic E-state index is 0.0141. The van der Waals surface area contributed by atoms with Crippen LogP contribution in [0.2, 0.25) is 0 Å². The van der Waals surface area contributed by atoms with E-state index in [0.717, 1.165) is 0 Å². The molecule has 5 heteroatoms. The second-order valence-corrected chi connectivity index (χ2v) is 5.99. The molecule has 1 heterocycles. The second-order valence-electron chi connectivity index (χ2n) is 5.07. The summed E-state index contributed by atoms with van der Waals surface area (Å²) in [4.78, 5) is 14.7. The molecule has 1 rings (SSSR count). The molecule has 0 saturated heterocycles. The maximum absolute atomic E-state index is 12.5. The highest BCUT2D eigenvalue weighted by molar-refractivity contribution is 7.12. The van der Waals surface area contributed by atoms with E-state index in [-0.39, 0.29) is 19.1 Å².